The number of amides is 1. The van der Waals surface area contributed by atoms with E-state index in [1.54, 1.807) is 24.0 Å². The number of anilines is 1. The van der Waals surface area contributed by atoms with Crippen molar-refractivity contribution in [2.75, 3.05) is 11.9 Å². The SMILES string of the molecule is CCOc1ccc2nc(NC(=O)c3cn(C)nc3-c3ccccc3Cl)sc2c1. The highest BCUT2D eigenvalue weighted by Crippen LogP contribution is 2.32. The number of nitrogens with one attached hydrogen (secondary N) is 1. The van der Waals surface area contributed by atoms with Crippen LogP contribution in [0.3, 0.4) is 0 Å². The van der Waals surface area contributed by atoms with Gasteiger partial charge < -0.3 is 4.74 Å². The fourth-order valence-corrected chi connectivity index (χ4v) is 4.00. The molecule has 0 saturated heterocycles. The summed E-state index contributed by atoms with van der Waals surface area (Å²) in [7, 11) is 1.77. The second kappa shape index (κ2) is 7.61. The lowest BCUT2D eigenvalue weighted by molar-refractivity contribution is 0.102. The minimum atomic E-state index is -0.285. The maximum Gasteiger partial charge on any atom is 0.261 e. The molecule has 142 valence electrons. The van der Waals surface area contributed by atoms with E-state index in [2.05, 4.69) is 15.4 Å². The third kappa shape index (κ3) is 3.58. The van der Waals surface area contributed by atoms with Crippen LogP contribution in [0.15, 0.2) is 48.7 Å². The van der Waals surface area contributed by atoms with Crippen molar-refractivity contribution in [3.05, 3.63) is 59.2 Å². The highest BCUT2D eigenvalue weighted by Gasteiger charge is 2.20. The van der Waals surface area contributed by atoms with Gasteiger partial charge in [-0.15, -0.1) is 0 Å². The molecule has 1 amide bonds. The number of benzene rings is 2. The first kappa shape index (κ1) is 18.5. The second-order valence-corrected chi connectivity index (χ2v) is 7.52. The van der Waals surface area contributed by atoms with E-state index in [4.69, 9.17) is 16.3 Å². The smallest absolute Gasteiger partial charge is 0.261 e. The molecular weight excluding hydrogens is 396 g/mol. The first-order chi connectivity index (χ1) is 13.5. The molecule has 0 unspecified atom stereocenters. The Morgan fingerprint density at radius 1 is 1.29 bits per heavy atom. The lowest BCUT2D eigenvalue weighted by atomic mass is 10.1. The standard InChI is InChI=1S/C20H17ClN4O2S/c1-3-27-12-8-9-16-17(10-12)28-20(22-16)23-19(26)14-11-25(2)24-18(14)13-6-4-5-7-15(13)21/h4-11H,3H2,1-2H3,(H,22,23,26). The molecular formula is C20H17ClN4O2S. The van der Waals surface area contributed by atoms with Crippen LogP contribution in [-0.4, -0.2) is 27.3 Å². The monoisotopic (exact) mass is 412 g/mol. The van der Waals surface area contributed by atoms with Crippen molar-refractivity contribution in [3.8, 4) is 17.0 Å². The average Bonchev–Trinajstić information content (AvgIpc) is 3.25. The van der Waals surface area contributed by atoms with Gasteiger partial charge in [-0.25, -0.2) is 4.98 Å². The molecule has 28 heavy (non-hydrogen) atoms. The van der Waals surface area contributed by atoms with Gasteiger partial charge >= 0.3 is 0 Å². The highest BCUT2D eigenvalue weighted by atomic mass is 35.5. The van der Waals surface area contributed by atoms with Gasteiger partial charge in [-0.3, -0.25) is 14.8 Å². The molecule has 0 aliphatic carbocycles. The zero-order chi connectivity index (χ0) is 19.7. The second-order valence-electron chi connectivity index (χ2n) is 6.08. The summed E-state index contributed by atoms with van der Waals surface area (Å²) in [5, 5.41) is 8.35. The molecule has 1 N–H and O–H groups in total. The Balaban J connectivity index is 1.64. The van der Waals surface area contributed by atoms with Crippen LogP contribution >= 0.6 is 22.9 Å². The van der Waals surface area contributed by atoms with Crippen LogP contribution in [0.25, 0.3) is 21.5 Å². The number of hydrogen-bond donors (Lipinski definition) is 1. The van der Waals surface area contributed by atoms with Gasteiger partial charge in [0, 0.05) is 18.8 Å². The number of hydrogen-bond acceptors (Lipinski definition) is 5. The van der Waals surface area contributed by atoms with E-state index >= 15 is 0 Å². The van der Waals surface area contributed by atoms with Gasteiger partial charge in [0.25, 0.3) is 5.91 Å². The van der Waals surface area contributed by atoms with E-state index in [0.717, 1.165) is 16.0 Å². The van der Waals surface area contributed by atoms with Crippen molar-refractivity contribution in [2.24, 2.45) is 7.05 Å². The van der Waals surface area contributed by atoms with Crippen molar-refractivity contribution in [3.63, 3.8) is 0 Å². The Kier molecular flexibility index (Phi) is 5.02. The average molecular weight is 413 g/mol. The molecule has 0 bridgehead atoms. The van der Waals surface area contributed by atoms with Crippen molar-refractivity contribution in [1.82, 2.24) is 14.8 Å². The predicted molar refractivity (Wildman–Crippen MR) is 112 cm³/mol. The van der Waals surface area contributed by atoms with Gasteiger partial charge in [0.1, 0.15) is 11.4 Å². The van der Waals surface area contributed by atoms with Gasteiger partial charge in [-0.2, -0.15) is 5.10 Å². The van der Waals surface area contributed by atoms with E-state index in [9.17, 15) is 4.79 Å². The van der Waals surface area contributed by atoms with E-state index in [1.165, 1.54) is 11.3 Å². The van der Waals surface area contributed by atoms with Crippen LogP contribution in [0, 0.1) is 0 Å². The summed E-state index contributed by atoms with van der Waals surface area (Å²) in [5.74, 6) is 0.497. The number of rotatable bonds is 5. The number of thiazole rings is 1. The summed E-state index contributed by atoms with van der Waals surface area (Å²) in [5.41, 5.74) is 2.48. The molecule has 2 aromatic heterocycles. The maximum absolute atomic E-state index is 12.9. The van der Waals surface area contributed by atoms with Gasteiger partial charge in [0.05, 0.1) is 27.4 Å². The van der Waals surface area contributed by atoms with Crippen molar-refractivity contribution in [1.29, 1.82) is 0 Å². The molecule has 0 saturated carbocycles. The third-order valence-electron chi connectivity index (χ3n) is 4.09. The van der Waals surface area contributed by atoms with Gasteiger partial charge in [-0.1, -0.05) is 41.1 Å². The van der Waals surface area contributed by atoms with Crippen LogP contribution in [0.2, 0.25) is 5.02 Å². The van der Waals surface area contributed by atoms with Crippen molar-refractivity contribution >= 4 is 44.2 Å². The highest BCUT2D eigenvalue weighted by molar-refractivity contribution is 7.22. The van der Waals surface area contributed by atoms with E-state index in [1.807, 2.05) is 43.3 Å². The lowest BCUT2D eigenvalue weighted by Crippen LogP contribution is -2.12. The number of carbonyl (C=O) groups excluding carboxylic acids is 1. The first-order valence-electron chi connectivity index (χ1n) is 8.68. The van der Waals surface area contributed by atoms with E-state index in [0.29, 0.717) is 33.6 Å². The summed E-state index contributed by atoms with van der Waals surface area (Å²) in [6.07, 6.45) is 1.68. The molecule has 4 rings (SSSR count). The maximum atomic E-state index is 12.9. The fraction of sp³-hybridized carbons (Fsp3) is 0.150. The van der Waals surface area contributed by atoms with Gasteiger partial charge in [0.15, 0.2) is 5.13 Å². The zero-order valence-corrected chi connectivity index (χ0v) is 16.8. The summed E-state index contributed by atoms with van der Waals surface area (Å²) in [4.78, 5) is 17.4. The van der Waals surface area contributed by atoms with Crippen molar-refractivity contribution in [2.45, 2.75) is 6.92 Å². The fourth-order valence-electron chi connectivity index (χ4n) is 2.89. The number of halogens is 1. The molecule has 0 radical (unpaired) electrons. The van der Waals surface area contributed by atoms with Crippen LogP contribution < -0.4 is 10.1 Å². The topological polar surface area (TPSA) is 69.0 Å². The minimum absolute atomic E-state index is 0.285. The van der Waals surface area contributed by atoms with E-state index < -0.39 is 0 Å². The molecule has 2 heterocycles. The Bertz CT molecular complexity index is 1170. The largest absolute Gasteiger partial charge is 0.494 e. The van der Waals surface area contributed by atoms with Crippen LogP contribution in [0.4, 0.5) is 5.13 Å². The zero-order valence-electron chi connectivity index (χ0n) is 15.3. The number of aryl methyl sites for hydroxylation is 1. The molecule has 4 aromatic rings. The Morgan fingerprint density at radius 2 is 2.11 bits per heavy atom. The summed E-state index contributed by atoms with van der Waals surface area (Å²) in [6.45, 7) is 2.53. The predicted octanol–water partition coefficient (Wildman–Crippen LogP) is 5.00. The first-order valence-corrected chi connectivity index (χ1v) is 9.88. The molecule has 0 aliphatic rings. The van der Waals surface area contributed by atoms with Crippen LogP contribution in [0.5, 0.6) is 5.75 Å². The molecule has 2 aromatic carbocycles. The van der Waals surface area contributed by atoms with Gasteiger partial charge in [0.2, 0.25) is 0 Å². The quantitative estimate of drug-likeness (QED) is 0.500. The Labute approximate surface area is 170 Å². The summed E-state index contributed by atoms with van der Waals surface area (Å²) >= 11 is 7.69. The van der Waals surface area contributed by atoms with E-state index in [-0.39, 0.29) is 5.91 Å². The number of carbonyl (C=O) groups is 1. The molecule has 0 atom stereocenters. The molecule has 0 spiro atoms. The molecule has 8 heteroatoms. The Hall–Kier alpha value is -2.90. The number of aromatic nitrogens is 3. The summed E-state index contributed by atoms with van der Waals surface area (Å²) in [6, 6.07) is 13.0. The number of nitrogens with zero attached hydrogens (tertiary/aromatic N) is 3. The minimum Gasteiger partial charge on any atom is -0.494 e. The normalized spacial score (nSPS) is 11.0. The van der Waals surface area contributed by atoms with Crippen LogP contribution in [0.1, 0.15) is 17.3 Å². The Morgan fingerprint density at radius 3 is 2.89 bits per heavy atom. The van der Waals surface area contributed by atoms with Gasteiger partial charge in [-0.05, 0) is 31.2 Å². The summed E-state index contributed by atoms with van der Waals surface area (Å²) < 4.78 is 8.06. The lowest BCUT2D eigenvalue weighted by Gasteiger charge is -2.04. The molecule has 6 nitrogen and oxygen atoms in total. The molecule has 0 aliphatic heterocycles. The number of fused-ring (bicyclic) bond motifs is 1. The third-order valence-corrected chi connectivity index (χ3v) is 5.36. The van der Waals surface area contributed by atoms with Crippen molar-refractivity contribution < 1.29 is 9.53 Å². The van der Waals surface area contributed by atoms with Crippen LogP contribution in [-0.2, 0) is 7.05 Å². The number of ether oxygens (including phenoxy) is 1. The molecule has 0 fully saturated rings.